The van der Waals surface area contributed by atoms with Gasteiger partial charge in [0.2, 0.25) is 11.8 Å². The minimum absolute atomic E-state index is 0.0947. The number of hydrogen-bond donors (Lipinski definition) is 3. The van der Waals surface area contributed by atoms with E-state index in [1.807, 2.05) is 45.0 Å². The van der Waals surface area contributed by atoms with Gasteiger partial charge in [0, 0.05) is 6.54 Å². The Morgan fingerprint density at radius 2 is 1.55 bits per heavy atom. The molecule has 0 aliphatic heterocycles. The molecule has 2 atom stereocenters. The van der Waals surface area contributed by atoms with Crippen molar-refractivity contribution >= 4 is 41.1 Å². The number of ether oxygens (including phenoxy) is 1. The molecule has 0 spiro atoms. The van der Waals surface area contributed by atoms with Gasteiger partial charge in [-0.1, -0.05) is 41.9 Å². The lowest BCUT2D eigenvalue weighted by molar-refractivity contribution is -0.141. The summed E-state index contributed by atoms with van der Waals surface area (Å²) in [5.41, 5.74) is 7.96. The fraction of sp³-hybridized carbons (Fsp3) is 0.429. The van der Waals surface area contributed by atoms with Crippen LogP contribution in [0.5, 0.6) is 0 Å². The van der Waals surface area contributed by atoms with Crippen molar-refractivity contribution < 1.29 is 23.9 Å². The molecule has 0 aliphatic carbocycles. The minimum atomic E-state index is -1.34. The maximum Gasteiger partial charge on any atom is 0.408 e. The van der Waals surface area contributed by atoms with Crippen LogP contribution in [0.4, 0.5) is 10.5 Å². The third kappa shape index (κ3) is 7.95. The van der Waals surface area contributed by atoms with Crippen molar-refractivity contribution in [3.8, 4) is 0 Å². The second kappa shape index (κ2) is 12.8. The summed E-state index contributed by atoms with van der Waals surface area (Å²) in [6.45, 7) is 12.3. The van der Waals surface area contributed by atoms with Crippen LogP contribution in [0, 0.1) is 20.8 Å². The first kappa shape index (κ1) is 30.6. The van der Waals surface area contributed by atoms with Crippen LogP contribution in [0.1, 0.15) is 62.4 Å². The van der Waals surface area contributed by atoms with Gasteiger partial charge in [0.05, 0.1) is 17.1 Å². The number of carbonyl (C=O) groups excluding carboxylic acids is 4. The Balaban J connectivity index is 2.58. The highest BCUT2D eigenvalue weighted by molar-refractivity contribution is 6.34. The van der Waals surface area contributed by atoms with Gasteiger partial charge >= 0.3 is 6.09 Å². The van der Waals surface area contributed by atoms with E-state index in [-0.39, 0.29) is 6.54 Å². The molecule has 0 saturated carbocycles. The fourth-order valence-electron chi connectivity index (χ4n) is 4.19. The van der Waals surface area contributed by atoms with Gasteiger partial charge in [0.25, 0.3) is 5.91 Å². The molecule has 2 aromatic rings. The predicted octanol–water partition coefficient (Wildman–Crippen LogP) is 4.56. The number of nitrogens with one attached hydrogen (secondary N) is 2. The SMILES string of the molecule is CCN(C(=O)C(CC(N)=O)NC(=O)OC(C)(C)C)C(C(=O)Nc1c(C)cccc1Cl)c1c(C)cccc1C. The molecular weight excluding hydrogens is 508 g/mol. The number of amides is 4. The van der Waals surface area contributed by atoms with Crippen molar-refractivity contribution in [1.82, 2.24) is 10.2 Å². The van der Waals surface area contributed by atoms with Gasteiger partial charge in [-0.15, -0.1) is 0 Å². The zero-order chi connectivity index (χ0) is 28.8. The molecule has 0 heterocycles. The summed E-state index contributed by atoms with van der Waals surface area (Å²) in [6.07, 6.45) is -1.35. The number of alkyl carbamates (subject to hydrolysis) is 1. The molecule has 10 heteroatoms. The number of halogens is 1. The van der Waals surface area contributed by atoms with E-state index in [0.717, 1.165) is 16.7 Å². The lowest BCUT2D eigenvalue weighted by Gasteiger charge is -2.35. The molecule has 0 fully saturated rings. The Labute approximate surface area is 229 Å². The molecule has 2 rings (SSSR count). The summed E-state index contributed by atoms with van der Waals surface area (Å²) in [4.78, 5) is 53.5. The predicted molar refractivity (Wildman–Crippen MR) is 148 cm³/mol. The maximum absolute atomic E-state index is 13.9. The third-order valence-electron chi connectivity index (χ3n) is 5.86. The van der Waals surface area contributed by atoms with E-state index in [9.17, 15) is 19.2 Å². The van der Waals surface area contributed by atoms with Gasteiger partial charge in [0.1, 0.15) is 17.7 Å². The number of anilines is 1. The van der Waals surface area contributed by atoms with Crippen LogP contribution >= 0.6 is 11.6 Å². The van der Waals surface area contributed by atoms with E-state index in [1.54, 1.807) is 39.8 Å². The lowest BCUT2D eigenvalue weighted by Crippen LogP contribution is -2.53. The zero-order valence-electron chi connectivity index (χ0n) is 23.0. The second-order valence-corrected chi connectivity index (χ2v) is 10.5. The Kier molecular flexibility index (Phi) is 10.3. The van der Waals surface area contributed by atoms with Gasteiger partial charge in [0.15, 0.2) is 0 Å². The molecule has 38 heavy (non-hydrogen) atoms. The molecule has 0 aliphatic rings. The van der Waals surface area contributed by atoms with Gasteiger partial charge in [-0.3, -0.25) is 14.4 Å². The molecule has 0 saturated heterocycles. The second-order valence-electron chi connectivity index (χ2n) is 10.1. The van der Waals surface area contributed by atoms with Crippen LogP contribution in [0.2, 0.25) is 5.02 Å². The monoisotopic (exact) mass is 544 g/mol. The smallest absolute Gasteiger partial charge is 0.408 e. The molecule has 0 aromatic heterocycles. The summed E-state index contributed by atoms with van der Waals surface area (Å²) in [5, 5.41) is 5.69. The number of nitrogens with zero attached hydrogens (tertiary/aromatic N) is 1. The largest absolute Gasteiger partial charge is 0.444 e. The highest BCUT2D eigenvalue weighted by Crippen LogP contribution is 2.32. The van der Waals surface area contributed by atoms with Crippen molar-refractivity contribution in [3.05, 3.63) is 63.7 Å². The molecule has 9 nitrogen and oxygen atoms in total. The first-order chi connectivity index (χ1) is 17.7. The lowest BCUT2D eigenvalue weighted by atomic mass is 9.93. The van der Waals surface area contributed by atoms with Crippen LogP contribution in [0.3, 0.4) is 0 Å². The average Bonchev–Trinajstić information content (AvgIpc) is 2.78. The molecule has 0 radical (unpaired) electrons. The van der Waals surface area contributed by atoms with E-state index >= 15 is 0 Å². The summed E-state index contributed by atoms with van der Waals surface area (Å²) < 4.78 is 5.28. The normalized spacial score (nSPS) is 12.7. The van der Waals surface area contributed by atoms with E-state index in [4.69, 9.17) is 22.1 Å². The Morgan fingerprint density at radius 3 is 2.05 bits per heavy atom. The quantitative estimate of drug-likeness (QED) is 0.426. The molecular formula is C28H37ClN4O5. The van der Waals surface area contributed by atoms with E-state index in [0.29, 0.717) is 16.3 Å². The zero-order valence-corrected chi connectivity index (χ0v) is 23.7. The topological polar surface area (TPSA) is 131 Å². The number of carbonyl (C=O) groups is 4. The van der Waals surface area contributed by atoms with Crippen molar-refractivity contribution in [1.29, 1.82) is 0 Å². The van der Waals surface area contributed by atoms with Crippen molar-refractivity contribution in [2.45, 2.75) is 72.6 Å². The van der Waals surface area contributed by atoms with Crippen molar-refractivity contribution in [3.63, 3.8) is 0 Å². The number of rotatable bonds is 9. The van der Waals surface area contributed by atoms with Crippen LogP contribution < -0.4 is 16.4 Å². The number of hydrogen-bond acceptors (Lipinski definition) is 5. The molecule has 4 amide bonds. The van der Waals surface area contributed by atoms with Gasteiger partial charge in [-0.25, -0.2) is 4.79 Å². The van der Waals surface area contributed by atoms with Gasteiger partial charge < -0.3 is 26.0 Å². The number of likely N-dealkylation sites (N-methyl/N-ethyl adjacent to an activating group) is 1. The average molecular weight is 545 g/mol. The van der Waals surface area contributed by atoms with Gasteiger partial charge in [-0.05, 0) is 76.8 Å². The molecule has 206 valence electrons. The van der Waals surface area contributed by atoms with E-state index < -0.39 is 47.9 Å². The highest BCUT2D eigenvalue weighted by Gasteiger charge is 2.37. The third-order valence-corrected chi connectivity index (χ3v) is 6.18. The summed E-state index contributed by atoms with van der Waals surface area (Å²) >= 11 is 6.37. The maximum atomic E-state index is 13.9. The summed E-state index contributed by atoms with van der Waals surface area (Å²) in [6, 6.07) is 8.36. The minimum Gasteiger partial charge on any atom is -0.444 e. The molecule has 4 N–H and O–H groups in total. The number of para-hydroxylation sites is 1. The number of aryl methyl sites for hydroxylation is 3. The first-order valence-corrected chi connectivity index (χ1v) is 12.7. The number of nitrogens with two attached hydrogens (primary N) is 1. The van der Waals surface area contributed by atoms with Crippen molar-refractivity contribution in [2.75, 3.05) is 11.9 Å². The summed E-state index contributed by atoms with van der Waals surface area (Å²) in [7, 11) is 0. The van der Waals surface area contributed by atoms with Crippen LogP contribution in [-0.4, -0.2) is 46.9 Å². The first-order valence-electron chi connectivity index (χ1n) is 12.4. The number of primary amides is 1. The van der Waals surface area contributed by atoms with Crippen molar-refractivity contribution in [2.24, 2.45) is 5.73 Å². The fourth-order valence-corrected chi connectivity index (χ4v) is 4.45. The molecule has 2 aromatic carbocycles. The number of benzene rings is 2. The van der Waals surface area contributed by atoms with E-state index in [2.05, 4.69) is 10.6 Å². The van der Waals surface area contributed by atoms with Crippen LogP contribution in [0.25, 0.3) is 0 Å². The Hall–Kier alpha value is -3.59. The summed E-state index contributed by atoms with van der Waals surface area (Å²) in [5.74, 6) is -1.95. The Bertz CT molecular complexity index is 1170. The van der Waals surface area contributed by atoms with E-state index in [1.165, 1.54) is 4.90 Å². The van der Waals surface area contributed by atoms with Crippen LogP contribution in [0.15, 0.2) is 36.4 Å². The molecule has 0 bridgehead atoms. The Morgan fingerprint density at radius 1 is 1.00 bits per heavy atom. The highest BCUT2D eigenvalue weighted by atomic mass is 35.5. The van der Waals surface area contributed by atoms with Crippen LogP contribution in [-0.2, 0) is 19.1 Å². The van der Waals surface area contributed by atoms with Gasteiger partial charge in [-0.2, -0.15) is 0 Å². The molecule has 2 unspecified atom stereocenters. The standard InChI is InChI=1S/C28H37ClN4O5/c1-8-33(26(36)20(15-21(30)34)31-27(37)38-28(5,6)7)24(22-16(2)11-9-12-17(22)3)25(35)32-23-18(4)13-10-14-19(23)29/h9-14,20,24H,8,15H2,1-7H3,(H2,30,34)(H,31,37)(H,32,35).